The van der Waals surface area contributed by atoms with Crippen LogP contribution < -0.4 is 5.32 Å². The summed E-state index contributed by atoms with van der Waals surface area (Å²) < 4.78 is 6.27. The minimum Gasteiger partial charge on any atom is -0.357 e. The highest BCUT2D eigenvalue weighted by atomic mass is 16.5. The molecule has 4 heteroatoms. The third-order valence-electron chi connectivity index (χ3n) is 6.10. The highest BCUT2D eigenvalue weighted by Crippen LogP contribution is 2.26. The zero-order valence-corrected chi connectivity index (χ0v) is 14.9. The van der Waals surface area contributed by atoms with Crippen LogP contribution in [0.2, 0.25) is 0 Å². The number of rotatable bonds is 4. The molecule has 24 heavy (non-hydrogen) atoms. The molecule has 0 aromatic carbocycles. The molecule has 0 aromatic heterocycles. The fraction of sp³-hybridized carbons (Fsp3) is 0.800. The van der Waals surface area contributed by atoms with E-state index in [1.807, 2.05) is 6.08 Å². The van der Waals surface area contributed by atoms with E-state index in [1.165, 1.54) is 70.9 Å². The van der Waals surface area contributed by atoms with Gasteiger partial charge in [0.15, 0.2) is 0 Å². The number of dihydropyridines is 1. The van der Waals surface area contributed by atoms with E-state index >= 15 is 0 Å². The Morgan fingerprint density at radius 1 is 0.917 bits per heavy atom. The Bertz CT molecular complexity index is 466. The van der Waals surface area contributed by atoms with Gasteiger partial charge in [0.2, 0.25) is 0 Å². The molecule has 4 aliphatic rings. The van der Waals surface area contributed by atoms with Gasteiger partial charge in [-0.05, 0) is 38.2 Å². The molecule has 1 saturated heterocycles. The molecule has 1 N–H and O–H groups in total. The van der Waals surface area contributed by atoms with Crippen molar-refractivity contribution in [3.63, 3.8) is 0 Å². The molecule has 1 atom stereocenters. The summed E-state index contributed by atoms with van der Waals surface area (Å²) in [6.45, 7) is 4.68. The van der Waals surface area contributed by atoms with Crippen LogP contribution in [0.3, 0.4) is 0 Å². The molecule has 0 spiro atoms. The van der Waals surface area contributed by atoms with E-state index in [9.17, 15) is 0 Å². The molecular formula is C20H32N3O. The van der Waals surface area contributed by atoms with Gasteiger partial charge in [-0.2, -0.15) is 0 Å². The molecule has 0 bridgehead atoms. The topological polar surface area (TPSA) is 27.7 Å². The van der Waals surface area contributed by atoms with Gasteiger partial charge in [0, 0.05) is 38.3 Å². The molecule has 0 amide bonds. The Morgan fingerprint density at radius 2 is 1.79 bits per heavy atom. The van der Waals surface area contributed by atoms with Gasteiger partial charge in [0.05, 0.1) is 6.10 Å². The Morgan fingerprint density at radius 3 is 2.58 bits per heavy atom. The van der Waals surface area contributed by atoms with Gasteiger partial charge in [-0.3, -0.25) is 4.90 Å². The first-order chi connectivity index (χ1) is 11.9. The van der Waals surface area contributed by atoms with Crippen LogP contribution in [0.25, 0.3) is 0 Å². The molecule has 3 fully saturated rings. The number of hydrogen-bond acceptors (Lipinski definition) is 4. The summed E-state index contributed by atoms with van der Waals surface area (Å²) >= 11 is 0. The average molecular weight is 330 g/mol. The largest absolute Gasteiger partial charge is 0.357 e. The Balaban J connectivity index is 1.29. The first-order valence-corrected chi connectivity index (χ1v) is 10.1. The van der Waals surface area contributed by atoms with Crippen molar-refractivity contribution in [2.75, 3.05) is 26.2 Å². The number of nitrogens with one attached hydrogen (secondary N) is 1. The quantitative estimate of drug-likeness (QED) is 0.857. The molecule has 4 rings (SSSR count). The van der Waals surface area contributed by atoms with Crippen molar-refractivity contribution >= 4 is 0 Å². The van der Waals surface area contributed by atoms with Crippen LogP contribution >= 0.6 is 0 Å². The van der Waals surface area contributed by atoms with Gasteiger partial charge < -0.3 is 15.0 Å². The summed E-state index contributed by atoms with van der Waals surface area (Å²) in [7, 11) is 0. The minimum absolute atomic E-state index is 0.0235. The number of nitrogens with zero attached hydrogens (tertiary/aromatic N) is 2. The van der Waals surface area contributed by atoms with E-state index in [-0.39, 0.29) is 6.23 Å². The molecule has 0 aromatic rings. The maximum absolute atomic E-state index is 6.27. The second kappa shape index (κ2) is 7.92. The third kappa shape index (κ3) is 3.97. The van der Waals surface area contributed by atoms with Crippen LogP contribution in [-0.2, 0) is 4.74 Å². The Hall–Kier alpha value is -1.00. The lowest BCUT2D eigenvalue weighted by Crippen LogP contribution is -2.44. The summed E-state index contributed by atoms with van der Waals surface area (Å²) in [5.41, 5.74) is 0. The summed E-state index contributed by atoms with van der Waals surface area (Å²) in [6, 6.07) is 0.865. The molecule has 1 unspecified atom stereocenters. The second-order valence-electron chi connectivity index (χ2n) is 7.77. The third-order valence-corrected chi connectivity index (χ3v) is 6.10. The zero-order valence-electron chi connectivity index (χ0n) is 14.9. The van der Waals surface area contributed by atoms with Crippen LogP contribution in [0.5, 0.6) is 0 Å². The van der Waals surface area contributed by atoms with E-state index in [4.69, 9.17) is 4.74 Å². The number of ether oxygens (including phenoxy) is 1. The first kappa shape index (κ1) is 16.5. The molecule has 2 aliphatic heterocycles. The maximum Gasteiger partial charge on any atom is 0.148 e. The smallest absolute Gasteiger partial charge is 0.148 e. The lowest BCUT2D eigenvalue weighted by atomic mass is 9.91. The fourth-order valence-electron chi connectivity index (χ4n) is 4.39. The van der Waals surface area contributed by atoms with Gasteiger partial charge >= 0.3 is 0 Å². The standard InChI is InChI=1S/C20H32N3O/c1-2-9-18(10-3-1)24-20-12-5-11-19(21-20)23-14-6-13-22(15-16-23)17-7-4-8-17/h5,12,17-18,20-21H,1-4,6-10,13-16H2. The minimum atomic E-state index is 0.0235. The number of allylic oxidation sites excluding steroid dienone is 2. The fourth-order valence-corrected chi connectivity index (χ4v) is 4.39. The average Bonchev–Trinajstić information content (AvgIpc) is 2.81. The summed E-state index contributed by atoms with van der Waals surface area (Å²) in [4.78, 5) is 5.18. The van der Waals surface area contributed by atoms with Crippen molar-refractivity contribution < 1.29 is 4.74 Å². The van der Waals surface area contributed by atoms with Crippen LogP contribution in [0.4, 0.5) is 0 Å². The summed E-state index contributed by atoms with van der Waals surface area (Å²) in [5, 5.41) is 3.57. The maximum atomic E-state index is 6.27. The van der Waals surface area contributed by atoms with Crippen molar-refractivity contribution in [2.24, 2.45) is 0 Å². The van der Waals surface area contributed by atoms with Gasteiger partial charge in [-0.15, -0.1) is 0 Å². The highest BCUT2D eigenvalue weighted by Gasteiger charge is 2.28. The molecule has 1 radical (unpaired) electrons. The summed E-state index contributed by atoms with van der Waals surface area (Å²) in [6.07, 6.45) is 20.0. The SMILES string of the molecule is [C]1=C(N2CCCN(C3CCC3)CC2)NC(OC2CCCCC2)C=C1. The van der Waals surface area contributed by atoms with Crippen LogP contribution in [0.15, 0.2) is 18.0 Å². The monoisotopic (exact) mass is 330 g/mol. The molecule has 2 aliphatic carbocycles. The predicted octanol–water partition coefficient (Wildman–Crippen LogP) is 3.03. The zero-order chi connectivity index (χ0) is 16.2. The van der Waals surface area contributed by atoms with Crippen LogP contribution in [-0.4, -0.2) is 54.4 Å². The lowest BCUT2D eigenvalue weighted by molar-refractivity contribution is -0.0221. The van der Waals surface area contributed by atoms with Crippen molar-refractivity contribution in [1.82, 2.24) is 15.1 Å². The van der Waals surface area contributed by atoms with E-state index in [0.29, 0.717) is 6.10 Å². The van der Waals surface area contributed by atoms with Crippen molar-refractivity contribution in [3.05, 3.63) is 24.0 Å². The Kier molecular flexibility index (Phi) is 5.43. The van der Waals surface area contributed by atoms with E-state index in [2.05, 4.69) is 27.3 Å². The summed E-state index contributed by atoms with van der Waals surface area (Å²) in [5.74, 6) is 1.13. The van der Waals surface area contributed by atoms with Gasteiger partial charge in [-0.1, -0.05) is 31.8 Å². The van der Waals surface area contributed by atoms with E-state index < -0.39 is 0 Å². The van der Waals surface area contributed by atoms with Crippen LogP contribution in [0, 0.1) is 6.08 Å². The highest BCUT2D eigenvalue weighted by molar-refractivity contribution is 5.13. The molecule has 133 valence electrons. The van der Waals surface area contributed by atoms with Gasteiger partial charge in [0.25, 0.3) is 0 Å². The number of hydrogen-bond donors (Lipinski definition) is 1. The van der Waals surface area contributed by atoms with Crippen molar-refractivity contribution in [2.45, 2.75) is 76.2 Å². The van der Waals surface area contributed by atoms with Gasteiger partial charge in [0.1, 0.15) is 12.0 Å². The molecule has 2 heterocycles. The lowest BCUT2D eigenvalue weighted by Gasteiger charge is -2.37. The first-order valence-electron chi connectivity index (χ1n) is 10.1. The van der Waals surface area contributed by atoms with E-state index in [1.54, 1.807) is 0 Å². The molecule has 4 nitrogen and oxygen atoms in total. The van der Waals surface area contributed by atoms with Crippen molar-refractivity contribution in [3.8, 4) is 0 Å². The molecular weight excluding hydrogens is 298 g/mol. The van der Waals surface area contributed by atoms with Crippen molar-refractivity contribution in [1.29, 1.82) is 0 Å². The van der Waals surface area contributed by atoms with Crippen LogP contribution in [0.1, 0.15) is 57.8 Å². The second-order valence-corrected chi connectivity index (χ2v) is 7.77. The normalized spacial score (nSPS) is 30.4. The van der Waals surface area contributed by atoms with E-state index in [0.717, 1.165) is 25.0 Å². The Labute approximate surface area is 146 Å². The van der Waals surface area contributed by atoms with Gasteiger partial charge in [-0.25, -0.2) is 0 Å². The molecule has 2 saturated carbocycles. The predicted molar refractivity (Wildman–Crippen MR) is 96.2 cm³/mol.